The van der Waals surface area contributed by atoms with E-state index < -0.39 is 9.84 Å². The Bertz CT molecular complexity index is 857. The molecule has 0 saturated heterocycles. The molecular weight excluding hydrogens is 340 g/mol. The topological polar surface area (TPSA) is 96.6 Å². The van der Waals surface area contributed by atoms with E-state index in [4.69, 9.17) is 4.52 Å². The van der Waals surface area contributed by atoms with Gasteiger partial charge in [-0.25, -0.2) is 8.42 Å². The highest BCUT2D eigenvalue weighted by molar-refractivity contribution is 7.90. The van der Waals surface area contributed by atoms with Gasteiger partial charge in [-0.15, -0.1) is 0 Å². The minimum atomic E-state index is -3.20. The van der Waals surface area contributed by atoms with Crippen molar-refractivity contribution in [3.05, 3.63) is 46.8 Å². The molecule has 1 aromatic heterocycles. The van der Waals surface area contributed by atoms with Gasteiger partial charge in [-0.2, -0.15) is 0 Å². The Morgan fingerprint density at radius 2 is 1.96 bits per heavy atom. The van der Waals surface area contributed by atoms with Crippen LogP contribution < -0.4 is 10.6 Å². The molecule has 2 N–H and O–H groups in total. The van der Waals surface area contributed by atoms with Crippen LogP contribution in [0.25, 0.3) is 0 Å². The summed E-state index contributed by atoms with van der Waals surface area (Å²) in [6.07, 6.45) is 2.05. The minimum absolute atomic E-state index is 0.357. The third-order valence-electron chi connectivity index (χ3n) is 3.72. The number of rotatable bonds is 6. The average Bonchev–Trinajstić information content (AvgIpc) is 3.02. The molecule has 136 valence electrons. The molecule has 0 unspecified atom stereocenters. The van der Waals surface area contributed by atoms with Crippen LogP contribution in [-0.4, -0.2) is 32.8 Å². The van der Waals surface area contributed by atoms with Gasteiger partial charge in [-0.1, -0.05) is 24.2 Å². The fraction of sp³-hybridized carbons (Fsp3) is 0.412. The molecule has 1 aromatic carbocycles. The van der Waals surface area contributed by atoms with Gasteiger partial charge in [-0.05, 0) is 30.5 Å². The van der Waals surface area contributed by atoms with Crippen molar-refractivity contribution in [3.8, 4) is 0 Å². The second kappa shape index (κ2) is 8.15. The Kier molecular flexibility index (Phi) is 6.19. The van der Waals surface area contributed by atoms with E-state index in [2.05, 4.69) is 20.8 Å². The van der Waals surface area contributed by atoms with Gasteiger partial charge in [0.05, 0.1) is 17.1 Å². The molecule has 8 heteroatoms. The van der Waals surface area contributed by atoms with Gasteiger partial charge in [0.25, 0.3) is 0 Å². The Morgan fingerprint density at radius 3 is 2.52 bits per heavy atom. The van der Waals surface area contributed by atoms with Crippen molar-refractivity contribution in [2.75, 3.05) is 13.3 Å². The Balaban J connectivity index is 1.93. The van der Waals surface area contributed by atoms with Gasteiger partial charge in [0.15, 0.2) is 21.6 Å². The maximum atomic E-state index is 11.7. The minimum Gasteiger partial charge on any atom is -0.359 e. The summed E-state index contributed by atoms with van der Waals surface area (Å²) in [4.78, 5) is 4.52. The SMILES string of the molecule is CCc1cc(CNC(=NC)NCc2ccc(S(C)(=O)=O)c(C)c2)on1. The smallest absolute Gasteiger partial charge is 0.191 e. The monoisotopic (exact) mass is 364 g/mol. The number of benzene rings is 1. The average molecular weight is 364 g/mol. The Hall–Kier alpha value is -2.35. The first-order chi connectivity index (χ1) is 11.8. The number of sulfone groups is 1. The molecule has 0 atom stereocenters. The van der Waals surface area contributed by atoms with Crippen molar-refractivity contribution >= 4 is 15.8 Å². The van der Waals surface area contributed by atoms with Gasteiger partial charge >= 0.3 is 0 Å². The number of guanidine groups is 1. The maximum Gasteiger partial charge on any atom is 0.191 e. The first kappa shape index (κ1) is 19.0. The predicted molar refractivity (Wildman–Crippen MR) is 97.2 cm³/mol. The number of nitrogens with one attached hydrogen (secondary N) is 2. The van der Waals surface area contributed by atoms with Crippen LogP contribution in [0.15, 0.2) is 38.7 Å². The molecule has 0 aliphatic carbocycles. The summed E-state index contributed by atoms with van der Waals surface area (Å²) in [6.45, 7) is 4.83. The number of nitrogens with zero attached hydrogens (tertiary/aromatic N) is 2. The lowest BCUT2D eigenvalue weighted by molar-refractivity contribution is 0.374. The predicted octanol–water partition coefficient (Wildman–Crippen LogP) is 1.81. The van der Waals surface area contributed by atoms with Gasteiger partial charge in [-0.3, -0.25) is 4.99 Å². The normalized spacial score (nSPS) is 12.2. The van der Waals surface area contributed by atoms with Crippen molar-refractivity contribution < 1.29 is 12.9 Å². The standard InChI is InChI=1S/C17H24N4O3S/c1-5-14-9-15(24-21-14)11-20-17(18-3)19-10-13-6-7-16(12(2)8-13)25(4,22)23/h6-9H,5,10-11H2,1-4H3,(H2,18,19,20). The van der Waals surface area contributed by atoms with Crippen LogP contribution in [0.5, 0.6) is 0 Å². The van der Waals surface area contributed by atoms with Crippen molar-refractivity contribution in [2.45, 2.75) is 38.3 Å². The lowest BCUT2D eigenvalue weighted by Gasteiger charge is -2.12. The molecule has 7 nitrogen and oxygen atoms in total. The van der Waals surface area contributed by atoms with Gasteiger partial charge < -0.3 is 15.2 Å². The zero-order chi connectivity index (χ0) is 18.4. The number of hydrogen-bond donors (Lipinski definition) is 2. The van der Waals surface area contributed by atoms with Crippen molar-refractivity contribution in [1.29, 1.82) is 0 Å². The van der Waals surface area contributed by atoms with E-state index >= 15 is 0 Å². The highest BCUT2D eigenvalue weighted by atomic mass is 32.2. The zero-order valence-electron chi connectivity index (χ0n) is 15.0. The van der Waals surface area contributed by atoms with E-state index in [0.717, 1.165) is 29.0 Å². The molecule has 1 heterocycles. The second-order valence-electron chi connectivity index (χ2n) is 5.79. The summed E-state index contributed by atoms with van der Waals surface area (Å²) < 4.78 is 28.5. The lowest BCUT2D eigenvalue weighted by atomic mass is 10.1. The van der Waals surface area contributed by atoms with E-state index in [1.807, 2.05) is 19.1 Å². The van der Waals surface area contributed by atoms with E-state index in [1.54, 1.807) is 26.1 Å². The fourth-order valence-electron chi connectivity index (χ4n) is 2.42. The van der Waals surface area contributed by atoms with Gasteiger partial charge in [0, 0.05) is 25.9 Å². The van der Waals surface area contributed by atoms with E-state index in [-0.39, 0.29) is 0 Å². The highest BCUT2D eigenvalue weighted by Crippen LogP contribution is 2.16. The molecule has 0 spiro atoms. The molecule has 0 aliphatic rings. The molecule has 0 radical (unpaired) electrons. The molecular formula is C17H24N4O3S. The molecule has 2 rings (SSSR count). The highest BCUT2D eigenvalue weighted by Gasteiger charge is 2.11. The second-order valence-corrected chi connectivity index (χ2v) is 7.77. The third kappa shape index (κ3) is 5.32. The van der Waals surface area contributed by atoms with E-state index in [1.165, 1.54) is 6.26 Å². The van der Waals surface area contributed by atoms with Crippen LogP contribution >= 0.6 is 0 Å². The van der Waals surface area contributed by atoms with Crippen molar-refractivity contribution in [1.82, 2.24) is 15.8 Å². The summed E-state index contributed by atoms with van der Waals surface area (Å²) >= 11 is 0. The first-order valence-electron chi connectivity index (χ1n) is 8.02. The summed E-state index contributed by atoms with van der Waals surface area (Å²) in [6, 6.07) is 7.21. The molecule has 0 bridgehead atoms. The Labute approximate surface area is 148 Å². The lowest BCUT2D eigenvalue weighted by Crippen LogP contribution is -2.36. The van der Waals surface area contributed by atoms with Crippen LogP contribution in [0.2, 0.25) is 0 Å². The number of hydrogen-bond acceptors (Lipinski definition) is 5. The van der Waals surface area contributed by atoms with Gasteiger partial charge in [0.1, 0.15) is 0 Å². The largest absolute Gasteiger partial charge is 0.359 e. The number of aromatic nitrogens is 1. The number of aryl methyl sites for hydroxylation is 2. The summed E-state index contributed by atoms with van der Waals surface area (Å²) in [7, 11) is -1.51. The van der Waals surface area contributed by atoms with Crippen LogP contribution in [-0.2, 0) is 29.3 Å². The van der Waals surface area contributed by atoms with Crippen LogP contribution in [0.4, 0.5) is 0 Å². The molecule has 25 heavy (non-hydrogen) atoms. The van der Waals surface area contributed by atoms with Crippen molar-refractivity contribution in [3.63, 3.8) is 0 Å². The molecule has 2 aromatic rings. The van der Waals surface area contributed by atoms with E-state index in [0.29, 0.717) is 23.9 Å². The Morgan fingerprint density at radius 1 is 1.24 bits per heavy atom. The first-order valence-corrected chi connectivity index (χ1v) is 9.91. The maximum absolute atomic E-state index is 11.7. The zero-order valence-corrected chi connectivity index (χ0v) is 15.8. The molecule has 0 amide bonds. The van der Waals surface area contributed by atoms with Gasteiger partial charge in [0.2, 0.25) is 0 Å². The van der Waals surface area contributed by atoms with Crippen LogP contribution in [0.3, 0.4) is 0 Å². The summed E-state index contributed by atoms with van der Waals surface area (Å²) in [5, 5.41) is 10.3. The van der Waals surface area contributed by atoms with E-state index in [9.17, 15) is 8.42 Å². The third-order valence-corrected chi connectivity index (χ3v) is 4.98. The van der Waals surface area contributed by atoms with Crippen LogP contribution in [0, 0.1) is 6.92 Å². The molecule has 0 fully saturated rings. The van der Waals surface area contributed by atoms with Crippen LogP contribution in [0.1, 0.15) is 29.5 Å². The molecule has 0 saturated carbocycles. The molecule has 0 aliphatic heterocycles. The fourth-order valence-corrected chi connectivity index (χ4v) is 3.38. The number of aliphatic imine (C=N–C) groups is 1. The summed E-state index contributed by atoms with van der Waals surface area (Å²) in [5.41, 5.74) is 2.63. The van der Waals surface area contributed by atoms with Crippen molar-refractivity contribution in [2.24, 2.45) is 4.99 Å². The summed E-state index contributed by atoms with van der Waals surface area (Å²) in [5.74, 6) is 1.37. The quantitative estimate of drug-likeness (QED) is 0.599.